The Kier molecular flexibility index (Phi) is 1.96. The molecule has 0 radical (unpaired) electrons. The fourth-order valence-corrected chi connectivity index (χ4v) is 1.07. The summed E-state index contributed by atoms with van der Waals surface area (Å²) in [5, 5.41) is 2.03. The molecular formula is C5H9F2NS. The summed E-state index contributed by atoms with van der Waals surface area (Å²) in [7, 11) is 0. The molecule has 0 aliphatic carbocycles. The molecule has 1 unspecified atom stereocenters. The van der Waals surface area contributed by atoms with Crippen molar-refractivity contribution >= 4 is 12.6 Å². The van der Waals surface area contributed by atoms with Gasteiger partial charge in [0.05, 0.1) is 5.25 Å². The smallest absolute Gasteiger partial charge is 0.261 e. The van der Waals surface area contributed by atoms with Gasteiger partial charge in [0.15, 0.2) is 0 Å². The summed E-state index contributed by atoms with van der Waals surface area (Å²) in [6.07, 6.45) is -0.0822. The van der Waals surface area contributed by atoms with Crippen molar-refractivity contribution in [1.29, 1.82) is 0 Å². The average Bonchev–Trinajstić information content (AvgIpc) is 1.77. The summed E-state index contributed by atoms with van der Waals surface area (Å²) in [6.45, 7) is 0.722. The van der Waals surface area contributed by atoms with E-state index < -0.39 is 11.2 Å². The monoisotopic (exact) mass is 153 g/mol. The maximum absolute atomic E-state index is 12.5. The van der Waals surface area contributed by atoms with Crippen LogP contribution in [0.15, 0.2) is 0 Å². The highest BCUT2D eigenvalue weighted by Gasteiger charge is 2.38. The third-order valence-corrected chi connectivity index (χ3v) is 2.02. The highest BCUT2D eigenvalue weighted by molar-refractivity contribution is 7.81. The first-order valence-electron chi connectivity index (χ1n) is 2.89. The van der Waals surface area contributed by atoms with Gasteiger partial charge in [0.1, 0.15) is 0 Å². The Morgan fingerprint density at radius 1 is 1.56 bits per heavy atom. The van der Waals surface area contributed by atoms with Crippen molar-refractivity contribution in [2.75, 3.05) is 13.1 Å². The van der Waals surface area contributed by atoms with Crippen molar-refractivity contribution in [3.8, 4) is 0 Å². The van der Waals surface area contributed by atoms with Gasteiger partial charge >= 0.3 is 0 Å². The van der Waals surface area contributed by atoms with Crippen LogP contribution < -0.4 is 5.32 Å². The molecule has 9 heavy (non-hydrogen) atoms. The second-order valence-electron chi connectivity index (χ2n) is 2.23. The summed E-state index contributed by atoms with van der Waals surface area (Å²) in [6, 6.07) is 0. The van der Waals surface area contributed by atoms with Gasteiger partial charge in [0.25, 0.3) is 5.92 Å². The number of thiol groups is 1. The Morgan fingerprint density at radius 3 is 2.56 bits per heavy atom. The van der Waals surface area contributed by atoms with Crippen LogP contribution in [0, 0.1) is 0 Å². The molecule has 0 aromatic carbocycles. The van der Waals surface area contributed by atoms with Crippen LogP contribution in [-0.4, -0.2) is 24.3 Å². The minimum Gasteiger partial charge on any atom is -0.315 e. The van der Waals surface area contributed by atoms with Gasteiger partial charge in [0.2, 0.25) is 0 Å². The molecular weight excluding hydrogens is 144 g/mol. The molecule has 1 N–H and O–H groups in total. The predicted octanol–water partition coefficient (Wildman–Crippen LogP) is 0.913. The third kappa shape index (κ3) is 1.55. The number of hydrogen-bond acceptors (Lipinski definition) is 2. The number of rotatable bonds is 0. The standard InChI is InChI=1S/C5H9F2NS/c6-5(7)1-2-8-3-4(5)9/h4,8-9H,1-3H2. The molecule has 1 atom stereocenters. The van der Waals surface area contributed by atoms with E-state index in [4.69, 9.17) is 0 Å². The highest BCUT2D eigenvalue weighted by atomic mass is 32.1. The molecule has 0 amide bonds. The van der Waals surface area contributed by atoms with Gasteiger partial charge in [-0.1, -0.05) is 0 Å². The topological polar surface area (TPSA) is 12.0 Å². The largest absolute Gasteiger partial charge is 0.315 e. The quantitative estimate of drug-likeness (QED) is 0.493. The van der Waals surface area contributed by atoms with Gasteiger partial charge in [0, 0.05) is 19.5 Å². The van der Waals surface area contributed by atoms with Crippen LogP contribution in [0.2, 0.25) is 0 Å². The summed E-state index contributed by atoms with van der Waals surface area (Å²) >= 11 is 3.73. The Balaban J connectivity index is 2.49. The van der Waals surface area contributed by atoms with Crippen molar-refractivity contribution in [3.05, 3.63) is 0 Å². The van der Waals surface area contributed by atoms with E-state index in [2.05, 4.69) is 17.9 Å². The van der Waals surface area contributed by atoms with Gasteiger partial charge < -0.3 is 5.32 Å². The van der Waals surface area contributed by atoms with Crippen LogP contribution >= 0.6 is 12.6 Å². The van der Waals surface area contributed by atoms with Crippen molar-refractivity contribution in [3.63, 3.8) is 0 Å². The first kappa shape index (κ1) is 7.28. The second kappa shape index (κ2) is 2.42. The lowest BCUT2D eigenvalue weighted by Gasteiger charge is -2.27. The maximum Gasteiger partial charge on any atom is 0.261 e. The average molecular weight is 153 g/mol. The fraction of sp³-hybridized carbons (Fsp3) is 1.00. The van der Waals surface area contributed by atoms with Crippen molar-refractivity contribution in [2.45, 2.75) is 17.6 Å². The summed E-state index contributed by atoms with van der Waals surface area (Å²) in [5.74, 6) is -2.56. The second-order valence-corrected chi connectivity index (χ2v) is 2.85. The van der Waals surface area contributed by atoms with Crippen molar-refractivity contribution in [2.24, 2.45) is 0 Å². The van der Waals surface area contributed by atoms with Gasteiger partial charge in [-0.2, -0.15) is 12.6 Å². The minimum atomic E-state index is -2.56. The molecule has 0 aromatic heterocycles. The van der Waals surface area contributed by atoms with E-state index in [-0.39, 0.29) is 6.42 Å². The predicted molar refractivity (Wildman–Crippen MR) is 35.2 cm³/mol. The zero-order valence-electron chi connectivity index (χ0n) is 4.90. The van der Waals surface area contributed by atoms with E-state index >= 15 is 0 Å². The van der Waals surface area contributed by atoms with Crippen LogP contribution in [0.5, 0.6) is 0 Å². The molecule has 0 aromatic rings. The van der Waals surface area contributed by atoms with Crippen LogP contribution in [-0.2, 0) is 0 Å². The van der Waals surface area contributed by atoms with E-state index in [0.717, 1.165) is 0 Å². The lowest BCUT2D eigenvalue weighted by molar-refractivity contribution is -0.0202. The van der Waals surface area contributed by atoms with E-state index in [1.807, 2.05) is 0 Å². The van der Waals surface area contributed by atoms with Gasteiger partial charge in [-0.05, 0) is 0 Å². The van der Waals surface area contributed by atoms with Gasteiger partial charge in [-0.3, -0.25) is 0 Å². The Bertz CT molecular complexity index is 107. The van der Waals surface area contributed by atoms with E-state index in [9.17, 15) is 8.78 Å². The molecule has 1 saturated heterocycles. The Morgan fingerprint density at radius 2 is 2.22 bits per heavy atom. The highest BCUT2D eigenvalue weighted by Crippen LogP contribution is 2.28. The Hall–Kier alpha value is 0.170. The fourth-order valence-electron chi connectivity index (χ4n) is 0.810. The molecule has 0 bridgehead atoms. The van der Waals surface area contributed by atoms with E-state index in [1.165, 1.54) is 0 Å². The number of nitrogens with one attached hydrogen (secondary N) is 1. The normalized spacial score (nSPS) is 34.3. The lowest BCUT2D eigenvalue weighted by Crippen LogP contribution is -2.45. The van der Waals surface area contributed by atoms with Crippen LogP contribution in [0.25, 0.3) is 0 Å². The molecule has 1 aliphatic heterocycles. The molecule has 54 valence electrons. The number of alkyl halides is 2. The molecule has 1 aliphatic rings. The van der Waals surface area contributed by atoms with Crippen molar-refractivity contribution in [1.82, 2.24) is 5.32 Å². The number of piperidine rings is 1. The minimum absolute atomic E-state index is 0.0822. The summed E-state index contributed by atoms with van der Waals surface area (Å²) < 4.78 is 25.0. The summed E-state index contributed by atoms with van der Waals surface area (Å²) in [5.41, 5.74) is 0. The van der Waals surface area contributed by atoms with E-state index in [1.54, 1.807) is 0 Å². The maximum atomic E-state index is 12.5. The number of hydrogen-bond donors (Lipinski definition) is 2. The molecule has 4 heteroatoms. The molecule has 0 spiro atoms. The molecule has 1 rings (SSSR count). The van der Waals surface area contributed by atoms with Gasteiger partial charge in [-0.25, -0.2) is 8.78 Å². The van der Waals surface area contributed by atoms with Crippen molar-refractivity contribution < 1.29 is 8.78 Å². The summed E-state index contributed by atoms with van der Waals surface area (Å²) in [4.78, 5) is 0. The zero-order chi connectivity index (χ0) is 6.91. The lowest BCUT2D eigenvalue weighted by atomic mass is 10.1. The third-order valence-electron chi connectivity index (χ3n) is 1.46. The Labute approximate surface area is 58.2 Å². The van der Waals surface area contributed by atoms with Crippen LogP contribution in [0.3, 0.4) is 0 Å². The molecule has 0 saturated carbocycles. The number of halogens is 2. The van der Waals surface area contributed by atoms with Crippen LogP contribution in [0.4, 0.5) is 8.78 Å². The first-order chi connectivity index (χ1) is 4.13. The SMILES string of the molecule is FC1(F)CCNCC1S. The molecule has 1 heterocycles. The zero-order valence-corrected chi connectivity index (χ0v) is 5.80. The van der Waals surface area contributed by atoms with Crippen LogP contribution in [0.1, 0.15) is 6.42 Å². The molecule has 1 nitrogen and oxygen atoms in total. The molecule has 1 fully saturated rings. The van der Waals surface area contributed by atoms with Gasteiger partial charge in [-0.15, -0.1) is 0 Å². The first-order valence-corrected chi connectivity index (χ1v) is 3.41. The van der Waals surface area contributed by atoms with E-state index in [0.29, 0.717) is 13.1 Å².